The van der Waals surface area contributed by atoms with Crippen LogP contribution in [0.25, 0.3) is 65.7 Å². The van der Waals surface area contributed by atoms with Crippen molar-refractivity contribution in [1.29, 1.82) is 0 Å². The predicted octanol–water partition coefficient (Wildman–Crippen LogP) is 18.2. The van der Waals surface area contributed by atoms with E-state index in [9.17, 15) is 0 Å². The second kappa shape index (κ2) is 17.6. The van der Waals surface area contributed by atoms with Crippen LogP contribution in [-0.2, 0) is 16.2 Å². The van der Waals surface area contributed by atoms with Gasteiger partial charge in [0.05, 0.1) is 5.41 Å². The van der Waals surface area contributed by atoms with E-state index in [1.54, 1.807) is 22.3 Å². The number of rotatable bonds is 0. The molecule has 0 unspecified atom stereocenters. The van der Waals surface area contributed by atoms with Gasteiger partial charge in [0, 0.05) is 10.8 Å². The summed E-state index contributed by atoms with van der Waals surface area (Å²) in [5.41, 5.74) is 26.5. The maximum absolute atomic E-state index is 3.56. The number of aryl methyl sites for hydroxylation is 6. The van der Waals surface area contributed by atoms with Gasteiger partial charge in [0.15, 0.2) is 0 Å². The molecule has 1 heteroatoms. The Morgan fingerprint density at radius 2 is 0.699 bits per heavy atom. The summed E-state index contributed by atoms with van der Waals surface area (Å²) in [5.74, 6) is 0. The Balaban J connectivity index is 0.000000106. The molecule has 0 aromatic heterocycles. The van der Waals surface area contributed by atoms with Crippen LogP contribution in [0.2, 0.25) is 0 Å². The SMILES string of the molecule is Cc1ccc2c(c1)C1(C=CC=CC=C1)c1cc(C)c3ccccc3c1-2.Cc1ccc2c(c1)C1(CCCCC1)c1cc(C)c3ccccc3c1-2.Cc1ccc2c(c1)C1(CCNCC1)c1cc(C)c3ccccc3c1-2. The summed E-state index contributed by atoms with van der Waals surface area (Å²) >= 11 is 0. The third kappa shape index (κ3) is 6.98. The molecule has 15 rings (SSSR count). The number of piperidine rings is 1. The van der Waals surface area contributed by atoms with Crippen molar-refractivity contribution in [2.24, 2.45) is 0 Å². The average Bonchev–Trinajstić information content (AvgIpc) is 3.80. The number of hydrogen-bond donors (Lipinski definition) is 1. The first-order valence-electron chi connectivity index (χ1n) is 27.3. The third-order valence-corrected chi connectivity index (χ3v) is 18.3. The Bertz CT molecular complexity index is 3640. The van der Waals surface area contributed by atoms with E-state index < -0.39 is 0 Å². The average molecular weight is 946 g/mol. The van der Waals surface area contributed by atoms with Gasteiger partial charge in [0.2, 0.25) is 0 Å². The molecule has 6 aliphatic rings. The summed E-state index contributed by atoms with van der Waals surface area (Å²) in [7, 11) is 0. The lowest BCUT2D eigenvalue weighted by Crippen LogP contribution is -2.39. The number of nitrogens with one attached hydrogen (secondary N) is 1. The summed E-state index contributed by atoms with van der Waals surface area (Å²) < 4.78 is 0. The molecular formula is C72H67N. The van der Waals surface area contributed by atoms with E-state index in [-0.39, 0.29) is 16.2 Å². The van der Waals surface area contributed by atoms with Gasteiger partial charge in [0.1, 0.15) is 0 Å². The molecule has 3 spiro atoms. The molecule has 1 N–H and O–H groups in total. The highest BCUT2D eigenvalue weighted by molar-refractivity contribution is 6.07. The monoisotopic (exact) mass is 946 g/mol. The number of benzene rings is 9. The molecule has 0 atom stereocenters. The van der Waals surface area contributed by atoms with E-state index in [1.165, 1.54) is 155 Å². The molecule has 9 aromatic rings. The van der Waals surface area contributed by atoms with Crippen LogP contribution in [0.3, 0.4) is 0 Å². The fraction of sp³-hybridized carbons (Fsp3) is 0.250. The molecule has 5 aliphatic carbocycles. The molecule has 0 radical (unpaired) electrons. The quantitative estimate of drug-likeness (QED) is 0.160. The lowest BCUT2D eigenvalue weighted by atomic mass is 9.67. The number of hydrogen-bond acceptors (Lipinski definition) is 1. The van der Waals surface area contributed by atoms with Crippen LogP contribution in [0.1, 0.15) is 112 Å². The second-order valence-electron chi connectivity index (χ2n) is 22.6. The molecule has 73 heavy (non-hydrogen) atoms. The molecule has 1 aliphatic heterocycles. The fourth-order valence-corrected chi connectivity index (χ4v) is 14.9. The first-order chi connectivity index (χ1) is 35.6. The first-order valence-corrected chi connectivity index (χ1v) is 27.3. The maximum Gasteiger partial charge on any atom is 0.0581 e. The van der Waals surface area contributed by atoms with Gasteiger partial charge in [-0.15, -0.1) is 0 Å². The van der Waals surface area contributed by atoms with E-state index in [2.05, 4.69) is 229 Å². The van der Waals surface area contributed by atoms with Gasteiger partial charge in [-0.3, -0.25) is 0 Å². The van der Waals surface area contributed by atoms with E-state index in [1.807, 2.05) is 0 Å². The summed E-state index contributed by atoms with van der Waals surface area (Å²) in [4.78, 5) is 0. The van der Waals surface area contributed by atoms with Crippen molar-refractivity contribution in [1.82, 2.24) is 5.32 Å². The van der Waals surface area contributed by atoms with Gasteiger partial charge in [-0.1, -0.05) is 218 Å². The van der Waals surface area contributed by atoms with Crippen LogP contribution >= 0.6 is 0 Å². The fourth-order valence-electron chi connectivity index (χ4n) is 14.9. The molecule has 0 bridgehead atoms. The van der Waals surface area contributed by atoms with Crippen LogP contribution in [0.4, 0.5) is 0 Å². The van der Waals surface area contributed by atoms with Crippen LogP contribution in [-0.4, -0.2) is 13.1 Å². The van der Waals surface area contributed by atoms with E-state index >= 15 is 0 Å². The van der Waals surface area contributed by atoms with Crippen LogP contribution in [0.5, 0.6) is 0 Å². The zero-order valence-corrected chi connectivity index (χ0v) is 43.7. The van der Waals surface area contributed by atoms with Crippen molar-refractivity contribution in [2.75, 3.05) is 13.1 Å². The maximum atomic E-state index is 3.56. The van der Waals surface area contributed by atoms with Crippen molar-refractivity contribution < 1.29 is 0 Å². The van der Waals surface area contributed by atoms with Gasteiger partial charge in [-0.05, 0) is 196 Å². The van der Waals surface area contributed by atoms with Gasteiger partial charge < -0.3 is 5.32 Å². The van der Waals surface area contributed by atoms with Crippen molar-refractivity contribution in [2.45, 2.75) is 103 Å². The zero-order chi connectivity index (χ0) is 49.6. The predicted molar refractivity (Wildman–Crippen MR) is 312 cm³/mol. The minimum Gasteiger partial charge on any atom is -0.317 e. The van der Waals surface area contributed by atoms with Crippen molar-refractivity contribution in [3.63, 3.8) is 0 Å². The number of allylic oxidation sites excluding steroid dienone is 6. The lowest BCUT2D eigenvalue weighted by molar-refractivity contribution is 0.352. The van der Waals surface area contributed by atoms with Gasteiger partial charge >= 0.3 is 0 Å². The van der Waals surface area contributed by atoms with Crippen molar-refractivity contribution >= 4 is 32.3 Å². The van der Waals surface area contributed by atoms with Crippen molar-refractivity contribution in [3.8, 4) is 33.4 Å². The molecule has 360 valence electrons. The molecule has 9 aromatic carbocycles. The topological polar surface area (TPSA) is 12.0 Å². The van der Waals surface area contributed by atoms with Gasteiger partial charge in [0.25, 0.3) is 0 Å². The molecule has 1 nitrogen and oxygen atoms in total. The first kappa shape index (κ1) is 45.8. The van der Waals surface area contributed by atoms with Crippen molar-refractivity contribution in [3.05, 3.63) is 249 Å². The summed E-state index contributed by atoms with van der Waals surface area (Å²) in [6.07, 6.45) is 22.5. The van der Waals surface area contributed by atoms with Gasteiger partial charge in [-0.2, -0.15) is 0 Å². The lowest BCUT2D eigenvalue weighted by Gasteiger charge is -2.36. The highest BCUT2D eigenvalue weighted by Crippen LogP contribution is 2.59. The Labute approximate surface area is 433 Å². The van der Waals surface area contributed by atoms with E-state index in [4.69, 9.17) is 0 Å². The molecule has 1 heterocycles. The Morgan fingerprint density at radius 3 is 1.15 bits per heavy atom. The van der Waals surface area contributed by atoms with Gasteiger partial charge in [-0.25, -0.2) is 0 Å². The minimum atomic E-state index is -0.172. The van der Waals surface area contributed by atoms with Crippen LogP contribution in [0.15, 0.2) is 182 Å². The van der Waals surface area contributed by atoms with Crippen LogP contribution < -0.4 is 5.32 Å². The Morgan fingerprint density at radius 1 is 0.329 bits per heavy atom. The standard InChI is InChI=1S/C25H20.C24H24.C23H23N/c1-17-11-12-21-22(15-17)25(13-7-3-4-8-14-25)23-16-18(2)19-9-5-6-10-20(19)24(21)23;1-16-10-11-20-21(14-16)24(12-6-3-7-13-24)22-15-17(2)18-8-4-5-9-19(18)23(20)22;1-15-7-8-19-20(13-15)23(9-11-24-12-10-23)21-14-16(2)17-5-3-4-6-18(17)22(19)21/h3-16H,1-2H3;4-5,8-11,14-15H,3,6-7,12-13H2,1-2H3;3-8,13-14,24H,9-12H2,1-2H3. The zero-order valence-electron chi connectivity index (χ0n) is 43.7. The highest BCUT2D eigenvalue weighted by atomic mass is 14.9. The summed E-state index contributed by atoms with van der Waals surface area (Å²) in [6, 6.07) is 55.2. The molecule has 2 fully saturated rings. The largest absolute Gasteiger partial charge is 0.317 e. The molecule has 1 saturated heterocycles. The van der Waals surface area contributed by atoms with E-state index in [0.29, 0.717) is 0 Å². The Hall–Kier alpha value is -7.06. The molecule has 1 saturated carbocycles. The second-order valence-corrected chi connectivity index (χ2v) is 22.6. The van der Waals surface area contributed by atoms with E-state index in [0.717, 1.165) is 13.1 Å². The normalized spacial score (nSPS) is 17.3. The Kier molecular flexibility index (Phi) is 11.0. The summed E-state index contributed by atoms with van der Waals surface area (Å²) in [6.45, 7) is 15.6. The van der Waals surface area contributed by atoms with Crippen LogP contribution in [0, 0.1) is 41.5 Å². The summed E-state index contributed by atoms with van der Waals surface area (Å²) in [5, 5.41) is 12.0. The number of fused-ring (bicyclic) bond motifs is 21. The minimum absolute atomic E-state index is 0.172. The molecule has 0 amide bonds. The molecular weight excluding hydrogens is 879 g/mol. The highest BCUT2D eigenvalue weighted by Gasteiger charge is 2.46. The third-order valence-electron chi connectivity index (χ3n) is 18.3. The smallest absolute Gasteiger partial charge is 0.0581 e.